The van der Waals surface area contributed by atoms with E-state index in [9.17, 15) is 19.5 Å². The van der Waals surface area contributed by atoms with E-state index in [4.69, 9.17) is 18.9 Å². The number of esters is 2. The Kier molecular flexibility index (Phi) is 63.7. The third-order valence-corrected chi connectivity index (χ3v) is 15.3. The molecule has 0 radical (unpaired) electrons. The lowest BCUT2D eigenvalue weighted by Crippen LogP contribution is -2.40. The first-order valence-electron chi connectivity index (χ1n) is 35.6. The SMILES string of the molecule is CC/C=C\C/C=C\C/C=C\C/C=C\C/C=C\C/C=C\C/C=C\C/C=C\C/C=C\CCCCCCCCCCCC(=O)OC(COC(=O)CCCCCCCCCCCCCCCCCCCCCCCCCC)COC(OCC[N+](C)(C)C)C(=O)O. The maximum atomic E-state index is 12.9. The summed E-state index contributed by atoms with van der Waals surface area (Å²) in [5.41, 5.74) is 0. The summed E-state index contributed by atoms with van der Waals surface area (Å²) >= 11 is 0. The lowest BCUT2D eigenvalue weighted by atomic mass is 10.0. The fourth-order valence-electron chi connectivity index (χ4n) is 9.89. The molecular weight excluding hydrogens is 1070 g/mol. The van der Waals surface area contributed by atoms with Crippen molar-refractivity contribution in [2.24, 2.45) is 0 Å². The molecule has 0 aliphatic heterocycles. The summed E-state index contributed by atoms with van der Waals surface area (Å²) in [7, 11) is 5.98. The average Bonchev–Trinajstić information content (AvgIpc) is 3.64. The molecule has 0 aliphatic carbocycles. The average molecular weight is 1200 g/mol. The highest BCUT2D eigenvalue weighted by Crippen LogP contribution is 2.18. The first kappa shape index (κ1) is 82.0. The zero-order chi connectivity index (χ0) is 62.6. The molecule has 0 saturated heterocycles. The zero-order valence-electron chi connectivity index (χ0n) is 56.4. The van der Waals surface area contributed by atoms with Crippen molar-refractivity contribution >= 4 is 17.9 Å². The number of rotatable bonds is 65. The topological polar surface area (TPSA) is 108 Å². The van der Waals surface area contributed by atoms with E-state index in [0.29, 0.717) is 23.9 Å². The Morgan fingerprint density at radius 2 is 0.663 bits per heavy atom. The van der Waals surface area contributed by atoms with Crippen LogP contribution in [0.5, 0.6) is 0 Å². The number of carbonyl (C=O) groups excluding carboxylic acids is 2. The Morgan fingerprint density at radius 3 is 0.988 bits per heavy atom. The molecule has 0 aromatic carbocycles. The number of hydrogen-bond acceptors (Lipinski definition) is 7. The van der Waals surface area contributed by atoms with Crippen molar-refractivity contribution in [2.45, 2.75) is 315 Å². The smallest absolute Gasteiger partial charge is 0.361 e. The van der Waals surface area contributed by atoms with E-state index in [1.165, 1.54) is 167 Å². The predicted octanol–water partition coefficient (Wildman–Crippen LogP) is 22.2. The van der Waals surface area contributed by atoms with Gasteiger partial charge in [0.15, 0.2) is 6.10 Å². The van der Waals surface area contributed by atoms with Crippen molar-refractivity contribution in [1.82, 2.24) is 0 Å². The molecule has 0 saturated carbocycles. The van der Waals surface area contributed by atoms with Gasteiger partial charge in [0.05, 0.1) is 34.4 Å². The number of unbranched alkanes of at least 4 members (excludes halogenated alkanes) is 32. The molecule has 0 rings (SSSR count). The third-order valence-electron chi connectivity index (χ3n) is 15.3. The number of nitrogens with zero attached hydrogens (tertiary/aromatic N) is 1. The molecular formula is C77H134NO8+. The van der Waals surface area contributed by atoms with Gasteiger partial charge in [0.1, 0.15) is 13.2 Å². The predicted molar refractivity (Wildman–Crippen MR) is 368 cm³/mol. The van der Waals surface area contributed by atoms with Gasteiger partial charge >= 0.3 is 17.9 Å². The maximum Gasteiger partial charge on any atom is 0.361 e. The van der Waals surface area contributed by atoms with Gasteiger partial charge < -0.3 is 28.5 Å². The summed E-state index contributed by atoms with van der Waals surface area (Å²) < 4.78 is 23.0. The summed E-state index contributed by atoms with van der Waals surface area (Å²) in [5, 5.41) is 9.75. The highest BCUT2D eigenvalue weighted by atomic mass is 16.7. The van der Waals surface area contributed by atoms with Crippen LogP contribution in [0.15, 0.2) is 109 Å². The van der Waals surface area contributed by atoms with Gasteiger partial charge in [0.25, 0.3) is 6.29 Å². The first-order chi connectivity index (χ1) is 42.1. The second-order valence-electron chi connectivity index (χ2n) is 24.8. The number of allylic oxidation sites excluding steroid dienone is 18. The van der Waals surface area contributed by atoms with Gasteiger partial charge in [-0.05, 0) is 83.5 Å². The summed E-state index contributed by atoms with van der Waals surface area (Å²) in [6, 6.07) is 0. The van der Waals surface area contributed by atoms with Crippen LogP contribution < -0.4 is 0 Å². The van der Waals surface area contributed by atoms with Crippen molar-refractivity contribution in [3.63, 3.8) is 0 Å². The standard InChI is InChI=1S/C77H133NO8/c1-6-8-10-12-14-16-18-20-22-24-26-28-30-32-33-34-35-36-37-38-39-40-41-42-43-44-46-48-50-52-54-56-58-60-62-64-66-68-75(80)86-73(72-85-77(76(81)82)83-70-69-78(3,4)5)71-84-74(79)67-65-63-61-59-57-55-53-51-49-47-45-31-29-27-25-23-21-19-17-15-13-11-9-7-2/h8,10,14,16,20,22,26,28,32-33,35-36,38-39,41-42,44,46,73,77H,6-7,9,11-13,15,17-19,21,23-25,27,29-31,34,37,40,43,45,47-72H2,1-5H3/p+1/b10-8-,16-14-,22-20-,28-26-,33-32-,36-35-,39-38-,42-41-,46-44-. The zero-order valence-corrected chi connectivity index (χ0v) is 56.4. The van der Waals surface area contributed by atoms with Crippen LogP contribution in [0, 0.1) is 0 Å². The minimum atomic E-state index is -1.52. The molecule has 0 aliphatic rings. The van der Waals surface area contributed by atoms with E-state index in [-0.39, 0.29) is 32.2 Å². The van der Waals surface area contributed by atoms with E-state index in [1.54, 1.807) is 0 Å². The largest absolute Gasteiger partial charge is 0.477 e. The maximum absolute atomic E-state index is 12.9. The highest BCUT2D eigenvalue weighted by molar-refractivity contribution is 5.71. The summed E-state index contributed by atoms with van der Waals surface area (Å²) in [5.74, 6) is -2.00. The number of carboxylic acids is 1. The van der Waals surface area contributed by atoms with Gasteiger partial charge in [0, 0.05) is 12.8 Å². The number of likely N-dealkylation sites (N-methyl/N-ethyl adjacent to an activating group) is 1. The molecule has 9 nitrogen and oxygen atoms in total. The van der Waals surface area contributed by atoms with Crippen LogP contribution >= 0.6 is 0 Å². The van der Waals surface area contributed by atoms with Gasteiger partial charge in [-0.1, -0.05) is 316 Å². The van der Waals surface area contributed by atoms with Crippen LogP contribution in [0.2, 0.25) is 0 Å². The first-order valence-corrected chi connectivity index (χ1v) is 35.6. The molecule has 0 amide bonds. The Bertz CT molecular complexity index is 1780. The van der Waals surface area contributed by atoms with Crippen molar-refractivity contribution in [1.29, 1.82) is 0 Å². The normalized spacial score (nSPS) is 13.4. The Labute approximate surface area is 530 Å². The molecule has 0 spiro atoms. The lowest BCUT2D eigenvalue weighted by Gasteiger charge is -2.25. The lowest BCUT2D eigenvalue weighted by molar-refractivity contribution is -0.870. The monoisotopic (exact) mass is 1200 g/mol. The fourth-order valence-corrected chi connectivity index (χ4v) is 9.89. The second kappa shape index (κ2) is 66.9. The summed E-state index contributed by atoms with van der Waals surface area (Å²) in [6.07, 6.45) is 90.6. The molecule has 86 heavy (non-hydrogen) atoms. The molecule has 2 unspecified atom stereocenters. The van der Waals surface area contributed by atoms with Gasteiger partial charge in [0.2, 0.25) is 0 Å². The molecule has 0 bridgehead atoms. The van der Waals surface area contributed by atoms with Crippen LogP contribution in [0.3, 0.4) is 0 Å². The van der Waals surface area contributed by atoms with Crippen LogP contribution in [0.1, 0.15) is 303 Å². The highest BCUT2D eigenvalue weighted by Gasteiger charge is 2.25. The van der Waals surface area contributed by atoms with Crippen molar-refractivity contribution < 1.29 is 42.9 Å². The van der Waals surface area contributed by atoms with E-state index >= 15 is 0 Å². The van der Waals surface area contributed by atoms with Gasteiger partial charge in [-0.15, -0.1) is 0 Å². The van der Waals surface area contributed by atoms with Crippen LogP contribution in [-0.4, -0.2) is 87.4 Å². The van der Waals surface area contributed by atoms with Crippen LogP contribution in [0.25, 0.3) is 0 Å². The molecule has 9 heteroatoms. The number of hydrogen-bond donors (Lipinski definition) is 1. The van der Waals surface area contributed by atoms with Crippen molar-refractivity contribution in [3.05, 3.63) is 109 Å². The van der Waals surface area contributed by atoms with E-state index in [0.717, 1.165) is 103 Å². The Balaban J connectivity index is 4.15. The molecule has 0 heterocycles. The van der Waals surface area contributed by atoms with Crippen LogP contribution in [0.4, 0.5) is 0 Å². The molecule has 0 aromatic heterocycles. The van der Waals surface area contributed by atoms with Gasteiger partial charge in [-0.25, -0.2) is 4.79 Å². The third kappa shape index (κ3) is 67.5. The van der Waals surface area contributed by atoms with E-state index in [1.807, 2.05) is 21.1 Å². The van der Waals surface area contributed by atoms with Crippen molar-refractivity contribution in [2.75, 3.05) is 47.5 Å². The number of carbonyl (C=O) groups is 3. The number of carboxylic acid groups (broad SMARTS) is 1. The van der Waals surface area contributed by atoms with Crippen LogP contribution in [-0.2, 0) is 33.3 Å². The Morgan fingerprint density at radius 1 is 0.360 bits per heavy atom. The molecule has 494 valence electrons. The number of aliphatic carboxylic acids is 1. The minimum Gasteiger partial charge on any atom is -0.477 e. The molecule has 1 N–H and O–H groups in total. The van der Waals surface area contributed by atoms with Gasteiger partial charge in [-0.3, -0.25) is 9.59 Å². The Hall–Kier alpha value is -4.05. The summed E-state index contributed by atoms with van der Waals surface area (Å²) in [6.45, 7) is 4.79. The molecule has 0 fully saturated rings. The van der Waals surface area contributed by atoms with Gasteiger partial charge in [-0.2, -0.15) is 0 Å². The van der Waals surface area contributed by atoms with E-state index in [2.05, 4.69) is 123 Å². The number of quaternary nitrogens is 1. The van der Waals surface area contributed by atoms with Crippen molar-refractivity contribution in [3.8, 4) is 0 Å². The quantitative estimate of drug-likeness (QED) is 0.0211. The summed E-state index contributed by atoms with van der Waals surface area (Å²) in [4.78, 5) is 37.6. The van der Waals surface area contributed by atoms with E-state index < -0.39 is 24.3 Å². The number of ether oxygens (including phenoxy) is 4. The second-order valence-corrected chi connectivity index (χ2v) is 24.8. The molecule has 0 aromatic rings. The molecule has 2 atom stereocenters. The minimum absolute atomic E-state index is 0.183. The fraction of sp³-hybridized carbons (Fsp3) is 0.727.